The van der Waals surface area contributed by atoms with Crippen molar-refractivity contribution in [3.05, 3.63) is 70.3 Å². The fourth-order valence-electron chi connectivity index (χ4n) is 2.36. The minimum Gasteiger partial charge on any atom is -0.508 e. The van der Waals surface area contributed by atoms with Gasteiger partial charge in [-0.3, -0.25) is 4.79 Å². The highest BCUT2D eigenvalue weighted by Gasteiger charge is 2.13. The van der Waals surface area contributed by atoms with E-state index < -0.39 is 0 Å². The summed E-state index contributed by atoms with van der Waals surface area (Å²) in [6.07, 6.45) is 0. The van der Waals surface area contributed by atoms with Gasteiger partial charge in [0.15, 0.2) is 5.69 Å². The molecule has 0 unspecified atom stereocenters. The molecule has 0 fully saturated rings. The molecule has 0 aliphatic carbocycles. The van der Waals surface area contributed by atoms with E-state index in [0.717, 1.165) is 11.3 Å². The van der Waals surface area contributed by atoms with Gasteiger partial charge in [0.05, 0.1) is 5.69 Å². The van der Waals surface area contributed by atoms with Crippen LogP contribution in [0.25, 0.3) is 27.5 Å². The van der Waals surface area contributed by atoms with Crippen LogP contribution in [0.1, 0.15) is 0 Å². The lowest BCUT2D eigenvalue weighted by atomic mass is 10.1. The van der Waals surface area contributed by atoms with Gasteiger partial charge in [0, 0.05) is 16.5 Å². The fraction of sp³-hybridized carbons (Fsp3) is 0. The molecule has 0 atom stereocenters. The summed E-state index contributed by atoms with van der Waals surface area (Å²) >= 11 is 1.38. The van der Waals surface area contributed by atoms with Crippen LogP contribution in [0.2, 0.25) is 0 Å². The molecule has 0 aliphatic rings. The van der Waals surface area contributed by atoms with Crippen LogP contribution in [0.3, 0.4) is 0 Å². The molecule has 112 valence electrons. The minimum atomic E-state index is -0.378. The van der Waals surface area contributed by atoms with Crippen molar-refractivity contribution in [3.8, 4) is 28.3 Å². The van der Waals surface area contributed by atoms with Gasteiger partial charge >= 0.3 is 5.56 Å². The molecule has 0 spiro atoms. The Kier molecular flexibility index (Phi) is 3.17. The maximum atomic E-state index is 12.2. The molecule has 2 heterocycles. The largest absolute Gasteiger partial charge is 0.508 e. The molecule has 5 nitrogen and oxygen atoms in total. The van der Waals surface area contributed by atoms with Crippen LogP contribution in [0.5, 0.6) is 5.75 Å². The zero-order valence-corrected chi connectivity index (χ0v) is 12.7. The lowest BCUT2D eigenvalue weighted by Crippen LogP contribution is -2.14. The van der Waals surface area contributed by atoms with Gasteiger partial charge in [-0.2, -0.15) is 10.1 Å². The second-order valence-corrected chi connectivity index (χ2v) is 5.83. The molecule has 0 bridgehead atoms. The molecule has 1 N–H and O–H groups in total. The Balaban J connectivity index is 1.95. The molecule has 2 aromatic heterocycles. The first kappa shape index (κ1) is 13.7. The summed E-state index contributed by atoms with van der Waals surface area (Å²) in [7, 11) is 0. The number of phenolic OH excluding ortho intramolecular Hbond substituents is 1. The van der Waals surface area contributed by atoms with Gasteiger partial charge in [0.1, 0.15) is 5.75 Å². The summed E-state index contributed by atoms with van der Waals surface area (Å²) in [5.74, 6) is 0.142. The van der Waals surface area contributed by atoms with Crippen molar-refractivity contribution in [3.63, 3.8) is 0 Å². The van der Waals surface area contributed by atoms with Crippen molar-refractivity contribution >= 4 is 16.3 Å². The van der Waals surface area contributed by atoms with E-state index in [1.54, 1.807) is 16.6 Å². The summed E-state index contributed by atoms with van der Waals surface area (Å²) in [4.78, 5) is 16.9. The molecule has 0 radical (unpaired) electrons. The monoisotopic (exact) mass is 321 g/mol. The fourth-order valence-corrected chi connectivity index (χ4v) is 3.19. The lowest BCUT2D eigenvalue weighted by molar-refractivity contribution is 0.475. The second kappa shape index (κ2) is 5.33. The molecule has 0 aliphatic heterocycles. The van der Waals surface area contributed by atoms with Crippen LogP contribution in [0, 0.1) is 0 Å². The zero-order valence-electron chi connectivity index (χ0n) is 11.9. The summed E-state index contributed by atoms with van der Waals surface area (Å²) in [5.41, 5.74) is 2.40. The van der Waals surface area contributed by atoms with Crippen LogP contribution in [0.15, 0.2) is 64.8 Å². The molecule has 0 saturated carbocycles. The number of aromatic hydroxyl groups is 1. The van der Waals surface area contributed by atoms with Crippen LogP contribution < -0.4 is 5.56 Å². The summed E-state index contributed by atoms with van der Waals surface area (Å²) in [5, 5.41) is 15.8. The highest BCUT2D eigenvalue weighted by molar-refractivity contribution is 7.15. The van der Waals surface area contributed by atoms with Gasteiger partial charge in [0.2, 0.25) is 4.96 Å². The van der Waals surface area contributed by atoms with E-state index in [9.17, 15) is 9.90 Å². The molecule has 2 aromatic carbocycles. The van der Waals surface area contributed by atoms with Crippen LogP contribution in [-0.2, 0) is 0 Å². The maximum Gasteiger partial charge on any atom is 0.300 e. The SMILES string of the molecule is O=c1nc2scc(-c3ccccc3)n2nc1-c1ccc(O)cc1. The molecular formula is C17H11N3O2S. The zero-order chi connectivity index (χ0) is 15.8. The Morgan fingerprint density at radius 3 is 2.43 bits per heavy atom. The van der Waals surface area contributed by atoms with Crippen molar-refractivity contribution < 1.29 is 5.11 Å². The van der Waals surface area contributed by atoms with E-state index in [1.165, 1.54) is 23.5 Å². The number of fused-ring (bicyclic) bond motifs is 1. The second-order valence-electron chi connectivity index (χ2n) is 4.99. The highest BCUT2D eigenvalue weighted by atomic mass is 32.1. The van der Waals surface area contributed by atoms with E-state index in [2.05, 4.69) is 10.1 Å². The quantitative estimate of drug-likeness (QED) is 0.616. The van der Waals surface area contributed by atoms with Crippen LogP contribution in [0.4, 0.5) is 0 Å². The Morgan fingerprint density at radius 2 is 1.70 bits per heavy atom. The van der Waals surface area contributed by atoms with E-state index >= 15 is 0 Å². The molecular weight excluding hydrogens is 310 g/mol. The number of benzene rings is 2. The first-order valence-corrected chi connectivity index (χ1v) is 7.84. The van der Waals surface area contributed by atoms with Crippen molar-refractivity contribution in [1.29, 1.82) is 0 Å². The molecule has 6 heteroatoms. The lowest BCUT2D eigenvalue weighted by Gasteiger charge is -2.04. The van der Waals surface area contributed by atoms with Crippen LogP contribution in [-0.4, -0.2) is 19.7 Å². The van der Waals surface area contributed by atoms with Gasteiger partial charge < -0.3 is 5.11 Å². The van der Waals surface area contributed by atoms with Crippen molar-refractivity contribution in [1.82, 2.24) is 14.6 Å². The third-order valence-electron chi connectivity index (χ3n) is 3.50. The topological polar surface area (TPSA) is 67.5 Å². The van der Waals surface area contributed by atoms with Gasteiger partial charge in [0.25, 0.3) is 0 Å². The van der Waals surface area contributed by atoms with Crippen molar-refractivity contribution in [2.45, 2.75) is 0 Å². The molecule has 0 amide bonds. The average Bonchev–Trinajstić information content (AvgIpc) is 2.98. The van der Waals surface area contributed by atoms with Gasteiger partial charge in [-0.1, -0.05) is 30.3 Å². The first-order chi connectivity index (χ1) is 11.2. The van der Waals surface area contributed by atoms with Crippen molar-refractivity contribution in [2.24, 2.45) is 0 Å². The first-order valence-electron chi connectivity index (χ1n) is 6.96. The predicted molar refractivity (Wildman–Crippen MR) is 89.7 cm³/mol. The van der Waals surface area contributed by atoms with E-state index in [4.69, 9.17) is 0 Å². The smallest absolute Gasteiger partial charge is 0.300 e. The summed E-state index contributed by atoms with van der Waals surface area (Å²) in [6, 6.07) is 16.2. The number of nitrogens with zero attached hydrogens (tertiary/aromatic N) is 3. The predicted octanol–water partition coefficient (Wildman–Crippen LogP) is 3.19. The summed E-state index contributed by atoms with van der Waals surface area (Å²) in [6.45, 7) is 0. The standard InChI is InChI=1S/C17H11N3O2S/c21-13-8-6-12(7-9-13)15-16(22)18-17-20(19-15)14(10-23-17)11-4-2-1-3-5-11/h1-10,21H. The number of rotatable bonds is 2. The van der Waals surface area contributed by atoms with E-state index in [-0.39, 0.29) is 17.0 Å². The Hall–Kier alpha value is -2.99. The van der Waals surface area contributed by atoms with E-state index in [0.29, 0.717) is 10.5 Å². The summed E-state index contributed by atoms with van der Waals surface area (Å²) < 4.78 is 1.68. The number of hydrogen-bond acceptors (Lipinski definition) is 5. The van der Waals surface area contributed by atoms with Gasteiger partial charge in [-0.25, -0.2) is 4.52 Å². The third kappa shape index (κ3) is 2.39. The maximum absolute atomic E-state index is 12.2. The molecule has 23 heavy (non-hydrogen) atoms. The van der Waals surface area contributed by atoms with Gasteiger partial charge in [-0.15, -0.1) is 11.3 Å². The van der Waals surface area contributed by atoms with Crippen molar-refractivity contribution in [2.75, 3.05) is 0 Å². The average molecular weight is 321 g/mol. The normalized spacial score (nSPS) is 11.0. The van der Waals surface area contributed by atoms with E-state index in [1.807, 2.05) is 35.7 Å². The number of aromatic nitrogens is 3. The number of phenols is 1. The van der Waals surface area contributed by atoms with Crippen LogP contribution >= 0.6 is 11.3 Å². The third-order valence-corrected chi connectivity index (χ3v) is 4.31. The molecule has 4 aromatic rings. The van der Waals surface area contributed by atoms with Gasteiger partial charge in [-0.05, 0) is 24.3 Å². The number of hydrogen-bond donors (Lipinski definition) is 1. The molecule has 4 rings (SSSR count). The Morgan fingerprint density at radius 1 is 0.957 bits per heavy atom. The molecule has 0 saturated heterocycles. The Labute approximate surface area is 135 Å². The number of thiazole rings is 1. The minimum absolute atomic E-state index is 0.142. The highest BCUT2D eigenvalue weighted by Crippen LogP contribution is 2.25. The Bertz CT molecular complexity index is 1040.